The Labute approximate surface area is 155 Å². The molecule has 1 saturated heterocycles. The highest BCUT2D eigenvalue weighted by Crippen LogP contribution is 2.33. The molecular formula is C21H27N3O2. The molecule has 1 aromatic carbocycles. The van der Waals surface area contributed by atoms with Crippen molar-refractivity contribution in [1.82, 2.24) is 14.5 Å². The van der Waals surface area contributed by atoms with Gasteiger partial charge in [-0.05, 0) is 56.7 Å². The number of rotatable bonds is 6. The average molecular weight is 353 g/mol. The first-order valence-electron chi connectivity index (χ1n) is 9.77. The molecule has 0 N–H and O–H groups in total. The summed E-state index contributed by atoms with van der Waals surface area (Å²) in [6, 6.07) is 7.52. The van der Waals surface area contributed by atoms with Gasteiger partial charge in [0.05, 0.1) is 6.61 Å². The highest BCUT2D eigenvalue weighted by atomic mass is 16.5. The molecule has 0 bridgehead atoms. The number of imidazole rings is 1. The maximum absolute atomic E-state index is 13.0. The fourth-order valence-corrected chi connectivity index (χ4v) is 3.85. The molecular weight excluding hydrogens is 326 g/mol. The van der Waals surface area contributed by atoms with E-state index >= 15 is 0 Å². The van der Waals surface area contributed by atoms with Gasteiger partial charge < -0.3 is 14.2 Å². The first kappa shape index (κ1) is 17.1. The monoisotopic (exact) mass is 353 g/mol. The van der Waals surface area contributed by atoms with Crippen molar-refractivity contribution in [1.29, 1.82) is 0 Å². The summed E-state index contributed by atoms with van der Waals surface area (Å²) in [6.45, 7) is 5.20. The number of hydrogen-bond donors (Lipinski definition) is 0. The molecule has 1 aliphatic heterocycles. The van der Waals surface area contributed by atoms with Crippen molar-refractivity contribution >= 4 is 5.91 Å². The van der Waals surface area contributed by atoms with E-state index in [1.165, 1.54) is 12.8 Å². The lowest BCUT2D eigenvalue weighted by molar-refractivity contribution is 0.0702. The van der Waals surface area contributed by atoms with Crippen molar-refractivity contribution in [3.8, 4) is 5.75 Å². The number of hydrogen-bond acceptors (Lipinski definition) is 3. The third-order valence-electron chi connectivity index (χ3n) is 5.37. The lowest BCUT2D eigenvalue weighted by Gasteiger charge is -2.33. The van der Waals surface area contributed by atoms with E-state index in [4.69, 9.17) is 4.74 Å². The zero-order chi connectivity index (χ0) is 17.9. The van der Waals surface area contributed by atoms with Crippen LogP contribution in [0.1, 0.15) is 54.7 Å². The number of piperidine rings is 1. The Morgan fingerprint density at radius 1 is 1.31 bits per heavy atom. The Bertz CT molecular complexity index is 766. The number of benzene rings is 1. The van der Waals surface area contributed by atoms with E-state index < -0.39 is 0 Å². The molecule has 1 atom stereocenters. The number of ether oxygens (including phenoxy) is 1. The van der Waals surface area contributed by atoms with Gasteiger partial charge in [0.2, 0.25) is 0 Å². The summed E-state index contributed by atoms with van der Waals surface area (Å²) in [5.74, 6) is 3.16. The Morgan fingerprint density at radius 3 is 3.00 bits per heavy atom. The number of nitrogens with zero attached hydrogens (tertiary/aromatic N) is 3. The van der Waals surface area contributed by atoms with Crippen LogP contribution in [0.2, 0.25) is 0 Å². The molecule has 0 unspecified atom stereocenters. The van der Waals surface area contributed by atoms with Crippen LogP contribution in [0.15, 0.2) is 36.7 Å². The zero-order valence-electron chi connectivity index (χ0n) is 15.4. The first-order valence-corrected chi connectivity index (χ1v) is 9.77. The summed E-state index contributed by atoms with van der Waals surface area (Å²) in [5, 5.41) is 0. The highest BCUT2D eigenvalue weighted by Gasteiger charge is 2.29. The van der Waals surface area contributed by atoms with Gasteiger partial charge in [-0.2, -0.15) is 0 Å². The molecule has 1 aromatic heterocycles. The fourth-order valence-electron chi connectivity index (χ4n) is 3.85. The number of carbonyl (C=O) groups is 1. The van der Waals surface area contributed by atoms with Crippen LogP contribution in [0.5, 0.6) is 5.75 Å². The average Bonchev–Trinajstić information content (AvgIpc) is 3.37. The minimum atomic E-state index is 0.0940. The Balaban J connectivity index is 1.47. The third-order valence-corrected chi connectivity index (χ3v) is 5.37. The van der Waals surface area contributed by atoms with Gasteiger partial charge in [-0.15, -0.1) is 0 Å². The third kappa shape index (κ3) is 3.76. The van der Waals surface area contributed by atoms with Crippen LogP contribution in [-0.4, -0.2) is 40.1 Å². The number of carbonyl (C=O) groups excluding carboxylic acids is 1. The number of amides is 1. The molecule has 2 fully saturated rings. The lowest BCUT2D eigenvalue weighted by Crippen LogP contribution is -2.39. The SMILES string of the molecule is CCOc1cccc(C(=O)N2CCC[C@@H](c3nccn3CC3CC3)C2)c1. The largest absolute Gasteiger partial charge is 0.494 e. The van der Waals surface area contributed by atoms with Crippen LogP contribution >= 0.6 is 0 Å². The maximum atomic E-state index is 13.0. The summed E-state index contributed by atoms with van der Waals surface area (Å²) in [4.78, 5) is 19.6. The molecule has 1 saturated carbocycles. The maximum Gasteiger partial charge on any atom is 0.254 e. The van der Waals surface area contributed by atoms with Gasteiger partial charge in [-0.25, -0.2) is 4.98 Å². The second kappa shape index (κ2) is 7.52. The van der Waals surface area contributed by atoms with Gasteiger partial charge in [-0.1, -0.05) is 6.07 Å². The Kier molecular flexibility index (Phi) is 4.96. The molecule has 26 heavy (non-hydrogen) atoms. The minimum Gasteiger partial charge on any atom is -0.494 e. The van der Waals surface area contributed by atoms with E-state index in [9.17, 15) is 4.79 Å². The highest BCUT2D eigenvalue weighted by molar-refractivity contribution is 5.94. The number of likely N-dealkylation sites (tertiary alicyclic amines) is 1. The van der Waals surface area contributed by atoms with Crippen molar-refractivity contribution in [2.24, 2.45) is 5.92 Å². The van der Waals surface area contributed by atoms with Crippen LogP contribution in [0, 0.1) is 5.92 Å². The molecule has 1 aliphatic carbocycles. The summed E-state index contributed by atoms with van der Waals surface area (Å²) >= 11 is 0. The Hall–Kier alpha value is -2.30. The van der Waals surface area contributed by atoms with E-state index in [0.29, 0.717) is 18.1 Å². The van der Waals surface area contributed by atoms with Crippen molar-refractivity contribution in [2.45, 2.75) is 45.1 Å². The second-order valence-corrected chi connectivity index (χ2v) is 7.43. The summed E-state index contributed by atoms with van der Waals surface area (Å²) < 4.78 is 7.85. The van der Waals surface area contributed by atoms with Gasteiger partial charge in [0.25, 0.3) is 5.91 Å². The smallest absolute Gasteiger partial charge is 0.254 e. The first-order chi connectivity index (χ1) is 12.7. The standard InChI is InChI=1S/C21H27N3O2/c1-2-26-19-7-3-5-17(13-19)21(25)24-11-4-6-18(15-24)20-22-10-12-23(20)14-16-8-9-16/h3,5,7,10,12-13,16,18H,2,4,6,8-9,11,14-15H2,1H3/t18-/m1/s1. The molecule has 2 heterocycles. The van der Waals surface area contributed by atoms with Crippen molar-refractivity contribution < 1.29 is 9.53 Å². The van der Waals surface area contributed by atoms with E-state index in [2.05, 4.69) is 15.7 Å². The van der Waals surface area contributed by atoms with Crippen molar-refractivity contribution in [3.05, 3.63) is 48.0 Å². The topological polar surface area (TPSA) is 47.4 Å². The minimum absolute atomic E-state index is 0.0940. The van der Waals surface area contributed by atoms with E-state index in [1.807, 2.05) is 42.3 Å². The molecule has 138 valence electrons. The van der Waals surface area contributed by atoms with Crippen LogP contribution in [0.25, 0.3) is 0 Å². The van der Waals surface area contributed by atoms with Crippen LogP contribution in [-0.2, 0) is 6.54 Å². The van der Waals surface area contributed by atoms with Crippen molar-refractivity contribution in [2.75, 3.05) is 19.7 Å². The van der Waals surface area contributed by atoms with Gasteiger partial charge in [0.15, 0.2) is 0 Å². The van der Waals surface area contributed by atoms with Crippen LogP contribution < -0.4 is 4.74 Å². The van der Waals surface area contributed by atoms with Gasteiger partial charge in [0, 0.05) is 43.5 Å². The fraction of sp³-hybridized carbons (Fsp3) is 0.524. The molecule has 2 aliphatic rings. The summed E-state index contributed by atoms with van der Waals surface area (Å²) in [5.41, 5.74) is 0.706. The van der Waals surface area contributed by atoms with E-state index in [0.717, 1.165) is 50.0 Å². The normalized spacial score (nSPS) is 20.2. The predicted octanol–water partition coefficient (Wildman–Crippen LogP) is 3.71. The summed E-state index contributed by atoms with van der Waals surface area (Å²) in [6.07, 6.45) is 8.80. The number of aromatic nitrogens is 2. The molecule has 5 nitrogen and oxygen atoms in total. The molecule has 5 heteroatoms. The van der Waals surface area contributed by atoms with E-state index in [-0.39, 0.29) is 5.91 Å². The van der Waals surface area contributed by atoms with Crippen LogP contribution in [0.4, 0.5) is 0 Å². The molecule has 0 spiro atoms. The molecule has 2 aromatic rings. The molecule has 1 amide bonds. The quantitative estimate of drug-likeness (QED) is 0.795. The second-order valence-electron chi connectivity index (χ2n) is 7.43. The summed E-state index contributed by atoms with van der Waals surface area (Å²) in [7, 11) is 0. The van der Waals surface area contributed by atoms with Crippen LogP contribution in [0.3, 0.4) is 0 Å². The molecule has 0 radical (unpaired) electrons. The van der Waals surface area contributed by atoms with E-state index in [1.54, 1.807) is 0 Å². The zero-order valence-corrected chi connectivity index (χ0v) is 15.4. The predicted molar refractivity (Wildman–Crippen MR) is 100 cm³/mol. The van der Waals surface area contributed by atoms with Gasteiger partial charge in [0.1, 0.15) is 11.6 Å². The molecule has 4 rings (SSSR count). The van der Waals surface area contributed by atoms with Gasteiger partial charge >= 0.3 is 0 Å². The van der Waals surface area contributed by atoms with Crippen molar-refractivity contribution in [3.63, 3.8) is 0 Å². The Morgan fingerprint density at radius 2 is 2.19 bits per heavy atom. The van der Waals surface area contributed by atoms with Gasteiger partial charge in [-0.3, -0.25) is 4.79 Å². The lowest BCUT2D eigenvalue weighted by atomic mass is 9.96.